The highest BCUT2D eigenvalue weighted by Gasteiger charge is 2.17. The molecule has 18 heteroatoms. The molecule has 5 rings (SSSR count). The van der Waals surface area contributed by atoms with Crippen molar-refractivity contribution in [2.75, 3.05) is 49.4 Å². The number of rotatable bonds is 8. The van der Waals surface area contributed by atoms with Crippen molar-refractivity contribution in [2.45, 2.75) is 60.2 Å². The van der Waals surface area contributed by atoms with Crippen LogP contribution >= 0.6 is 47.0 Å². The van der Waals surface area contributed by atoms with Gasteiger partial charge in [0.25, 0.3) is 0 Å². The van der Waals surface area contributed by atoms with Gasteiger partial charge in [-0.15, -0.1) is 20.4 Å². The molecule has 3 heterocycles. The van der Waals surface area contributed by atoms with Gasteiger partial charge in [-0.1, -0.05) is 71.3 Å². The summed E-state index contributed by atoms with van der Waals surface area (Å²) in [6.45, 7) is 5.15. The number of esters is 2. The van der Waals surface area contributed by atoms with Crippen LogP contribution in [-0.2, 0) is 19.1 Å². The molecule has 0 amide bonds. The molecule has 52 heavy (non-hydrogen) atoms. The summed E-state index contributed by atoms with van der Waals surface area (Å²) in [5.41, 5.74) is 1.61. The highest BCUT2D eigenvalue weighted by Crippen LogP contribution is 2.28. The Kier molecular flexibility index (Phi) is 16.2. The zero-order valence-electron chi connectivity index (χ0n) is 28.9. The summed E-state index contributed by atoms with van der Waals surface area (Å²) in [5, 5.41) is 29.1. The number of carbonyl (C=O) groups excluding carboxylic acids is 2. The maximum atomic E-state index is 12.1. The second kappa shape index (κ2) is 21.5. The molecule has 0 bridgehead atoms. The van der Waals surface area contributed by atoms with Crippen LogP contribution < -0.4 is 9.47 Å². The highest BCUT2D eigenvalue weighted by molar-refractivity contribution is 8.00. The largest absolute Gasteiger partial charge is 0.493 e. The fourth-order valence-corrected chi connectivity index (χ4v) is 7.75. The van der Waals surface area contributed by atoms with E-state index in [-0.39, 0.29) is 23.4 Å². The first kappa shape index (κ1) is 39.2. The smallest absolute Gasteiger partial charge is 0.316 e. The van der Waals surface area contributed by atoms with Crippen molar-refractivity contribution in [3.05, 3.63) is 59.7 Å². The van der Waals surface area contributed by atoms with E-state index in [1.165, 1.54) is 47.0 Å². The molecule has 0 aliphatic carbocycles. The summed E-state index contributed by atoms with van der Waals surface area (Å²) in [6, 6.07) is 15.4. The number of hydrogen-bond donors (Lipinski definition) is 0. The molecule has 4 aromatic rings. The van der Waals surface area contributed by atoms with E-state index in [1.54, 1.807) is 35.6 Å². The molecule has 0 N–H and O–H groups in total. The second-order valence-corrected chi connectivity index (χ2v) is 14.7. The molecule has 2 aromatic heterocycles. The monoisotopic (exact) mass is 784 g/mol. The van der Waals surface area contributed by atoms with E-state index in [9.17, 15) is 9.59 Å². The third kappa shape index (κ3) is 12.0. The van der Waals surface area contributed by atoms with Crippen LogP contribution in [-0.4, -0.2) is 104 Å². The Labute approximate surface area is 319 Å². The van der Waals surface area contributed by atoms with Gasteiger partial charge in [-0.2, -0.15) is 19.6 Å². The predicted octanol–water partition coefficient (Wildman–Crippen LogP) is 6.16. The van der Waals surface area contributed by atoms with Crippen LogP contribution in [0.2, 0.25) is 0 Å². The van der Waals surface area contributed by atoms with Crippen molar-refractivity contribution in [2.24, 2.45) is 10.2 Å². The average Bonchev–Trinajstić information content (AvgIpc) is 3.73. The van der Waals surface area contributed by atoms with Crippen molar-refractivity contribution in [3.8, 4) is 11.5 Å². The van der Waals surface area contributed by atoms with Crippen LogP contribution in [0.3, 0.4) is 0 Å². The Hall–Kier alpha value is -4.00. The molecular weight excluding hydrogens is 745 g/mol. The number of ether oxygens (including phenoxy) is 4. The lowest BCUT2D eigenvalue weighted by atomic mass is 10.2. The van der Waals surface area contributed by atoms with Crippen molar-refractivity contribution in [3.63, 3.8) is 0 Å². The van der Waals surface area contributed by atoms with Gasteiger partial charge in [0.15, 0.2) is 0 Å². The van der Waals surface area contributed by atoms with Gasteiger partial charge >= 0.3 is 11.9 Å². The molecule has 0 radical (unpaired) electrons. The number of fused-ring (bicyclic) bond motifs is 4. The van der Waals surface area contributed by atoms with Gasteiger partial charge in [-0.3, -0.25) is 9.59 Å². The van der Waals surface area contributed by atoms with Crippen LogP contribution in [0.5, 0.6) is 11.5 Å². The number of nitrogens with zero attached hydrogens (tertiary/aromatic N) is 8. The molecule has 0 spiro atoms. The van der Waals surface area contributed by atoms with Crippen molar-refractivity contribution in [1.29, 1.82) is 0 Å². The van der Waals surface area contributed by atoms with Gasteiger partial charge in [0.1, 0.15) is 11.5 Å². The lowest BCUT2D eigenvalue weighted by molar-refractivity contribution is -0.140. The minimum atomic E-state index is -0.330. The summed E-state index contributed by atoms with van der Waals surface area (Å²) >= 11 is 5.53. The first-order valence-electron chi connectivity index (χ1n) is 16.8. The van der Waals surface area contributed by atoms with E-state index < -0.39 is 0 Å². The molecular formula is C34H40N8O6S4. The van der Waals surface area contributed by atoms with E-state index in [4.69, 9.17) is 29.2 Å². The fourth-order valence-electron chi connectivity index (χ4n) is 4.49. The maximum absolute atomic E-state index is 12.1. The van der Waals surface area contributed by atoms with Gasteiger partial charge in [-0.05, 0) is 63.8 Å². The van der Waals surface area contributed by atoms with E-state index in [1.807, 2.05) is 48.5 Å². The number of para-hydroxylation sites is 2. The Bertz CT molecular complexity index is 1690. The van der Waals surface area contributed by atoms with Crippen molar-refractivity contribution >= 4 is 71.4 Å². The highest BCUT2D eigenvalue weighted by atomic mass is 32.2. The molecule has 1 aliphatic rings. The Morgan fingerprint density at radius 2 is 1.12 bits per heavy atom. The molecule has 0 saturated heterocycles. The first-order chi connectivity index (χ1) is 25.6. The minimum absolute atomic E-state index is 0.0933. The lowest BCUT2D eigenvalue weighted by Crippen LogP contribution is -2.08. The molecule has 1 aliphatic heterocycles. The van der Waals surface area contributed by atoms with Gasteiger partial charge in [0.2, 0.25) is 20.6 Å². The summed E-state index contributed by atoms with van der Waals surface area (Å²) < 4.78 is 25.8. The third-order valence-electron chi connectivity index (χ3n) is 6.93. The second-order valence-electron chi connectivity index (χ2n) is 10.7. The molecule has 14 nitrogen and oxygen atoms in total. The predicted molar refractivity (Wildman–Crippen MR) is 205 cm³/mol. The van der Waals surface area contributed by atoms with Crippen molar-refractivity contribution in [1.82, 2.24) is 29.7 Å². The van der Waals surface area contributed by atoms with Crippen molar-refractivity contribution < 1.29 is 28.5 Å². The van der Waals surface area contributed by atoms with E-state index >= 15 is 0 Å². The SMILES string of the molecule is CCOC(=O)CSc1nnc2n1/N=C/c1ccccc1OCCCCOc1ccccc1/C=N/n1c(nnc1SCC(=O)OCC)SCCCCS2. The van der Waals surface area contributed by atoms with Crippen LogP contribution in [0.25, 0.3) is 0 Å². The van der Waals surface area contributed by atoms with Crippen LogP contribution in [0.15, 0.2) is 79.4 Å². The topological polar surface area (TPSA) is 157 Å². The summed E-state index contributed by atoms with van der Waals surface area (Å²) in [7, 11) is 0. The Balaban J connectivity index is 1.35. The molecule has 0 fully saturated rings. The quantitative estimate of drug-likeness (QED) is 0.148. The normalized spacial score (nSPS) is 15.6. The zero-order chi connectivity index (χ0) is 36.4. The van der Waals surface area contributed by atoms with Gasteiger partial charge in [0, 0.05) is 22.6 Å². The van der Waals surface area contributed by atoms with E-state index in [0.717, 1.165) is 48.3 Å². The number of aromatic nitrogens is 6. The van der Waals surface area contributed by atoms with Gasteiger partial charge in [-0.25, -0.2) is 0 Å². The summed E-state index contributed by atoms with van der Waals surface area (Å²) in [6.07, 6.45) is 6.74. The lowest BCUT2D eigenvalue weighted by Gasteiger charge is -2.11. The van der Waals surface area contributed by atoms with Gasteiger partial charge in [0.05, 0.1) is 50.4 Å². The zero-order valence-corrected chi connectivity index (χ0v) is 32.2. The standard InChI is InChI=1S/C34H40N8O6S4/c1-3-45-29(43)23-51-33-39-37-31-41(33)35-21-25-13-5-7-15-27(25)47-17-9-10-18-48-28-16-8-6-14-26(28)22-36-42-32(50-20-12-11-19-49-31)38-40-34(42)52-24-30(44)46-4-2/h5-8,13-16,21-22H,3-4,9-12,17-20,23-24H2,1-2H3/b35-21+,36-22+. The molecule has 0 atom stereocenters. The van der Waals surface area contributed by atoms with E-state index in [2.05, 4.69) is 20.4 Å². The average molecular weight is 785 g/mol. The molecule has 0 unspecified atom stereocenters. The molecule has 276 valence electrons. The molecule has 0 saturated carbocycles. The maximum Gasteiger partial charge on any atom is 0.316 e. The Morgan fingerprint density at radius 3 is 1.56 bits per heavy atom. The molecule has 2 aromatic carbocycles. The summed E-state index contributed by atoms with van der Waals surface area (Å²) in [5.74, 6) is 2.46. The van der Waals surface area contributed by atoms with Crippen LogP contribution in [0, 0.1) is 0 Å². The first-order valence-corrected chi connectivity index (χ1v) is 20.8. The van der Waals surface area contributed by atoms with Gasteiger partial charge < -0.3 is 18.9 Å². The van der Waals surface area contributed by atoms with E-state index in [0.29, 0.717) is 58.6 Å². The third-order valence-corrected chi connectivity index (χ3v) is 10.7. The van der Waals surface area contributed by atoms with Crippen LogP contribution in [0.1, 0.15) is 50.7 Å². The number of carbonyl (C=O) groups is 2. The summed E-state index contributed by atoms with van der Waals surface area (Å²) in [4.78, 5) is 24.2. The number of thioether (sulfide) groups is 4. The Morgan fingerprint density at radius 1 is 0.673 bits per heavy atom. The number of hydrogen-bond acceptors (Lipinski definition) is 16. The van der Waals surface area contributed by atoms with Crippen LogP contribution in [0.4, 0.5) is 0 Å². The minimum Gasteiger partial charge on any atom is -0.493 e. The fraction of sp³-hybridized carbons (Fsp3) is 0.412. The number of benzene rings is 2.